The second kappa shape index (κ2) is 38.9. The predicted octanol–water partition coefficient (Wildman–Crippen LogP) is 13.5. The van der Waals surface area contributed by atoms with Crippen molar-refractivity contribution in [2.45, 2.75) is 71.4 Å². The molecular formula is C81H101ClN4O18. The Kier molecular flexibility index (Phi) is 31.0. The van der Waals surface area contributed by atoms with E-state index >= 15 is 0 Å². The number of carbonyl (C=O) groups excluding carboxylic acids is 2. The number of methoxy groups -OCH3 is 12. The van der Waals surface area contributed by atoms with Gasteiger partial charge >= 0.3 is 11.9 Å². The van der Waals surface area contributed by atoms with Crippen LogP contribution in [0.4, 0.5) is 0 Å². The first-order chi connectivity index (χ1) is 49.4. The van der Waals surface area contributed by atoms with Gasteiger partial charge in [-0.15, -0.1) is 12.4 Å². The number of aliphatic carboxylic acids is 2. The lowest BCUT2D eigenvalue weighted by molar-refractivity contribution is -0.136. The number of hydrogen-bond acceptors (Lipinski definition) is 19. The maximum atomic E-state index is 13.4. The van der Waals surface area contributed by atoms with Gasteiger partial charge in [0.15, 0.2) is 34.5 Å². The van der Waals surface area contributed by atoms with Crippen LogP contribution in [0.15, 0.2) is 108 Å². The van der Waals surface area contributed by atoms with Crippen molar-refractivity contribution in [1.29, 1.82) is 0 Å². The highest BCUT2D eigenvalue weighted by atomic mass is 35.5. The number of benzene rings is 6. The Labute approximate surface area is 617 Å². The second-order valence-corrected chi connectivity index (χ2v) is 25.3. The molecule has 5 aliphatic rings. The Morgan fingerprint density at radius 3 is 1.19 bits per heavy atom. The van der Waals surface area contributed by atoms with Crippen molar-refractivity contribution < 1.29 is 86.2 Å². The van der Waals surface area contributed by atoms with Gasteiger partial charge in [-0.25, -0.2) is 0 Å². The Bertz CT molecular complexity index is 4130. The monoisotopic (exact) mass is 1450 g/mol. The minimum atomic E-state index is -0.873. The van der Waals surface area contributed by atoms with Crippen LogP contribution in [0.3, 0.4) is 0 Å². The smallest absolute Gasteiger partial charge is 0.307 e. The number of carboxylic acid groups (broad SMARTS) is 2. The summed E-state index contributed by atoms with van der Waals surface area (Å²) >= 11 is 0. The number of hydrogen-bond donors (Lipinski definition) is 3. The van der Waals surface area contributed by atoms with Gasteiger partial charge in [-0.3, -0.25) is 19.2 Å². The zero-order valence-electron chi connectivity index (χ0n) is 63.3. The quantitative estimate of drug-likeness (QED) is 0.0505. The summed E-state index contributed by atoms with van der Waals surface area (Å²) in [6, 6.07) is 29.6. The summed E-state index contributed by atoms with van der Waals surface area (Å²) in [5, 5.41) is 21.6. The number of nitrogens with zero attached hydrogens (tertiary/aromatic N) is 3. The number of carboxylic acids is 2. The first-order valence-electron chi connectivity index (χ1n) is 33.6. The van der Waals surface area contributed by atoms with E-state index in [9.17, 15) is 24.3 Å². The molecule has 2 fully saturated rings. The van der Waals surface area contributed by atoms with Gasteiger partial charge in [0.2, 0.25) is 23.2 Å². The number of halogens is 1. The third kappa shape index (κ3) is 20.0. The molecule has 0 spiro atoms. The van der Waals surface area contributed by atoms with Gasteiger partial charge in [0.05, 0.1) is 105 Å². The molecule has 3 N–H and O–H groups in total. The number of likely N-dealkylation sites (tertiary alicyclic amines) is 1. The first kappa shape index (κ1) is 82.8. The third-order valence-electron chi connectivity index (χ3n) is 18.8. The fourth-order valence-electron chi connectivity index (χ4n) is 13.1. The van der Waals surface area contributed by atoms with Crippen molar-refractivity contribution in [3.8, 4) is 69.0 Å². The van der Waals surface area contributed by atoms with E-state index < -0.39 is 11.9 Å². The zero-order chi connectivity index (χ0) is 75.4. The van der Waals surface area contributed by atoms with Gasteiger partial charge in [0.1, 0.15) is 23.5 Å². The summed E-state index contributed by atoms with van der Waals surface area (Å²) in [5.74, 6) is 5.56. The van der Waals surface area contributed by atoms with Crippen molar-refractivity contribution in [3.63, 3.8) is 0 Å². The van der Waals surface area contributed by atoms with E-state index in [1.807, 2.05) is 97.6 Å². The number of ether oxygens (including phenoxy) is 12. The lowest BCUT2D eigenvalue weighted by Crippen LogP contribution is -2.34. The maximum absolute atomic E-state index is 13.4. The fraction of sp³-hybridized carbons (Fsp3) is 0.383. The van der Waals surface area contributed by atoms with Crippen LogP contribution >= 0.6 is 12.4 Å². The van der Waals surface area contributed by atoms with E-state index in [4.69, 9.17) is 61.9 Å². The normalized spacial score (nSPS) is 15.9. The fourth-order valence-corrected chi connectivity index (χ4v) is 13.1. The molecule has 6 aromatic rings. The van der Waals surface area contributed by atoms with E-state index in [0.29, 0.717) is 75.5 Å². The Balaban J connectivity index is 0.000000221. The van der Waals surface area contributed by atoms with Gasteiger partial charge in [-0.05, 0) is 243 Å². The lowest BCUT2D eigenvalue weighted by Gasteiger charge is -2.21. The molecule has 0 unspecified atom stereocenters. The molecule has 2 aliphatic heterocycles. The van der Waals surface area contributed by atoms with Crippen molar-refractivity contribution in [3.05, 3.63) is 158 Å². The standard InChI is InChI=1S/C29H36N2O5.C23H24O6.C13H14O3.C10H12O4.C6H14N2.ClH/c1-18-23(12-19-13-26(34-5)29(36-7)27(14-19)35-6)22-9-8-21(33-4)15-25(22)24(18)16-28(32)31-11-10-20(17-31)30(2)3;1-13-17(8-14-9-20(27-3)23(29-5)21(10-14)28-4)16-7-6-15(26-2)11-19(16)18(13)12-22(24)25;1-8-5-9-3-4-10(16-2)6-12(9)11(8)7-13(14)15;1-12-8-4-7(6-11)5-9(13-2)10(8)14-3;1-8(2)6-3-4-7-5-6;/h8-9,12-15,20H,10-11,16-17H2,1-7H3;6-11H,12H2,1-5H3,(H,24,25);3-4,6H,5,7H2,1-2H3,(H,14,15);4-6H,1-3H3;6-7H,3-5H2,1-2H3;1H/b23-12-;17-8-;;;;/t20-;;;;6-;/m0...0./s1. The Morgan fingerprint density at radius 1 is 0.471 bits per heavy atom. The molecule has 0 saturated carbocycles. The molecule has 104 heavy (non-hydrogen) atoms. The molecule has 1 amide bonds. The summed E-state index contributed by atoms with van der Waals surface area (Å²) in [7, 11) is 27.3. The lowest BCUT2D eigenvalue weighted by atomic mass is 10.00. The highest BCUT2D eigenvalue weighted by Gasteiger charge is 2.33. The molecule has 2 saturated heterocycles. The molecule has 0 aromatic heterocycles. The van der Waals surface area contributed by atoms with Crippen LogP contribution in [-0.2, 0) is 20.8 Å². The number of fused-ring (bicyclic) bond motifs is 3. The Morgan fingerprint density at radius 2 is 0.856 bits per heavy atom. The van der Waals surface area contributed by atoms with Crippen molar-refractivity contribution in [2.24, 2.45) is 0 Å². The van der Waals surface area contributed by atoms with E-state index in [2.05, 4.69) is 62.4 Å². The van der Waals surface area contributed by atoms with Crippen molar-refractivity contribution >= 4 is 76.6 Å². The van der Waals surface area contributed by atoms with Crippen LogP contribution in [0.25, 0.3) is 40.0 Å². The first-order valence-corrected chi connectivity index (χ1v) is 33.6. The second-order valence-electron chi connectivity index (χ2n) is 25.3. The summed E-state index contributed by atoms with van der Waals surface area (Å²) in [6.07, 6.45) is 8.40. The highest BCUT2D eigenvalue weighted by molar-refractivity contribution is 6.09. The molecule has 0 radical (unpaired) electrons. The van der Waals surface area contributed by atoms with Crippen molar-refractivity contribution in [1.82, 2.24) is 20.0 Å². The average Bonchev–Trinajstić information content (AvgIpc) is 1.62. The zero-order valence-corrected chi connectivity index (χ0v) is 64.1. The topological polar surface area (TPSA) is 241 Å². The van der Waals surface area contributed by atoms with E-state index in [0.717, 1.165) is 133 Å². The molecule has 0 bridgehead atoms. The number of nitrogens with one attached hydrogen (secondary N) is 1. The highest BCUT2D eigenvalue weighted by Crippen LogP contribution is 2.49. The van der Waals surface area contributed by atoms with Gasteiger partial charge in [-0.2, -0.15) is 0 Å². The predicted molar refractivity (Wildman–Crippen MR) is 410 cm³/mol. The number of aldehydes is 1. The molecule has 11 rings (SSSR count). The molecule has 6 aromatic carbocycles. The van der Waals surface area contributed by atoms with E-state index in [1.54, 1.807) is 76.1 Å². The summed E-state index contributed by atoms with van der Waals surface area (Å²) in [6.45, 7) is 9.96. The molecule has 2 heterocycles. The van der Waals surface area contributed by atoms with Crippen LogP contribution in [0.1, 0.15) is 108 Å². The van der Waals surface area contributed by atoms with E-state index in [-0.39, 0.29) is 31.2 Å². The number of rotatable bonds is 23. The van der Waals surface area contributed by atoms with Crippen LogP contribution in [0.5, 0.6) is 69.0 Å². The number of allylic oxidation sites excluding steroid dienone is 5. The largest absolute Gasteiger partial charge is 0.497 e. The summed E-state index contributed by atoms with van der Waals surface area (Å²) in [4.78, 5) is 52.7. The van der Waals surface area contributed by atoms with Crippen LogP contribution in [0, 0.1) is 0 Å². The maximum Gasteiger partial charge on any atom is 0.307 e. The van der Waals surface area contributed by atoms with Crippen LogP contribution < -0.4 is 62.2 Å². The van der Waals surface area contributed by atoms with E-state index in [1.165, 1.54) is 46.4 Å². The number of amides is 1. The van der Waals surface area contributed by atoms with Gasteiger partial charge < -0.3 is 87.1 Å². The average molecular weight is 1450 g/mol. The Hall–Kier alpha value is -10.1. The molecule has 560 valence electrons. The van der Waals surface area contributed by atoms with Crippen LogP contribution in [0.2, 0.25) is 0 Å². The summed E-state index contributed by atoms with van der Waals surface area (Å²) < 4.78 is 64.1. The van der Waals surface area contributed by atoms with Gasteiger partial charge in [0.25, 0.3) is 0 Å². The molecule has 3 aliphatic carbocycles. The SMILES string of the molecule is CN(C)[C@H]1CCNC1.COc1cc(C=O)cc(OC)c1OC.COc1ccc2c(c1)C(CC(=O)N1CC[C@H](N(C)C)C1)=C(C)/C2=C/c1cc(OC)c(OC)c(OC)c1.COc1ccc2c(c1)C(CC(=O)O)=C(C)/C2=C/c1cc(OC)c(OC)c(OC)c1.COc1ccc2c(c1)C(CC(=O)O)=C(C)C2.Cl. The third-order valence-corrected chi connectivity index (χ3v) is 18.8. The number of carbonyl (C=O) groups is 4. The molecule has 22 nitrogen and oxygen atoms in total. The van der Waals surface area contributed by atoms with Crippen molar-refractivity contribution in [2.75, 3.05) is 140 Å². The minimum absolute atomic E-state index is 0. The van der Waals surface area contributed by atoms with Gasteiger partial charge in [-0.1, -0.05) is 23.8 Å². The summed E-state index contributed by atoms with van der Waals surface area (Å²) in [5.41, 5.74) is 16.4. The molecule has 23 heteroatoms. The number of likely N-dealkylation sites (N-methyl/N-ethyl adjacent to an activating group) is 2. The molecule has 2 atom stereocenters. The molecular weight excluding hydrogens is 1350 g/mol. The van der Waals surface area contributed by atoms with Gasteiger partial charge in [0, 0.05) is 37.3 Å². The van der Waals surface area contributed by atoms with Crippen LogP contribution in [-0.4, -0.2) is 201 Å². The minimum Gasteiger partial charge on any atom is -0.497 e.